The summed E-state index contributed by atoms with van der Waals surface area (Å²) >= 11 is 0. The van der Waals surface area contributed by atoms with Gasteiger partial charge in [0.1, 0.15) is 5.75 Å². The van der Waals surface area contributed by atoms with Crippen molar-refractivity contribution in [1.82, 2.24) is 0 Å². The molecule has 3 aromatic carbocycles. The molecule has 28 heavy (non-hydrogen) atoms. The third-order valence-corrected chi connectivity index (χ3v) is 4.97. The van der Waals surface area contributed by atoms with Crippen LogP contribution in [0.3, 0.4) is 0 Å². The minimum Gasteiger partial charge on any atom is -0.493 e. The predicted octanol–water partition coefficient (Wildman–Crippen LogP) is 6.55. The summed E-state index contributed by atoms with van der Waals surface area (Å²) in [5.74, 6) is 0.982. The van der Waals surface area contributed by atoms with E-state index in [1.165, 1.54) is 30.0 Å². The fourth-order valence-corrected chi connectivity index (χ4v) is 3.43. The highest BCUT2D eigenvalue weighted by molar-refractivity contribution is 5.88. The lowest BCUT2D eigenvalue weighted by molar-refractivity contribution is 0.308. The van der Waals surface area contributed by atoms with Crippen LogP contribution in [0.4, 0.5) is 5.69 Å². The van der Waals surface area contributed by atoms with E-state index in [4.69, 9.17) is 4.74 Å². The van der Waals surface area contributed by atoms with Gasteiger partial charge in [-0.3, -0.25) is 4.90 Å². The van der Waals surface area contributed by atoms with Gasteiger partial charge < -0.3 is 4.74 Å². The molecule has 0 aliphatic rings. The van der Waals surface area contributed by atoms with E-state index in [0.717, 1.165) is 43.9 Å². The fourth-order valence-electron chi connectivity index (χ4n) is 3.43. The summed E-state index contributed by atoms with van der Waals surface area (Å²) in [5.41, 5.74) is 0.982. The average molecular weight is 373 g/mol. The van der Waals surface area contributed by atoms with Crippen LogP contribution < -0.4 is 9.64 Å². The van der Waals surface area contributed by atoms with E-state index in [0.29, 0.717) is 0 Å². The van der Waals surface area contributed by atoms with Crippen molar-refractivity contribution in [2.24, 2.45) is 0 Å². The fraction of sp³-hybridized carbons (Fsp3) is 0.320. The number of fused-ring (bicyclic) bond motifs is 1. The zero-order valence-electron chi connectivity index (χ0n) is 16.4. The van der Waals surface area contributed by atoms with Crippen LogP contribution in [0.25, 0.3) is 10.8 Å². The summed E-state index contributed by atoms with van der Waals surface area (Å²) in [5, 5.41) is 11.7. The minimum atomic E-state index is 0.768. The highest BCUT2D eigenvalue weighted by Crippen LogP contribution is 2.25. The van der Waals surface area contributed by atoms with Gasteiger partial charge in [-0.25, -0.2) is 0 Å². The van der Waals surface area contributed by atoms with Crippen molar-refractivity contribution in [2.75, 3.05) is 18.1 Å². The van der Waals surface area contributed by atoms with E-state index in [1.54, 1.807) is 4.90 Å². The molecule has 3 rings (SSSR count). The SMILES string of the molecule is N#CN(CCCCCCCCOc1cccc2ccccc12)c1ccccc1. The van der Waals surface area contributed by atoms with E-state index < -0.39 is 0 Å². The van der Waals surface area contributed by atoms with Crippen molar-refractivity contribution in [3.8, 4) is 11.9 Å². The molecule has 3 nitrogen and oxygen atoms in total. The Morgan fingerprint density at radius 3 is 2.21 bits per heavy atom. The highest BCUT2D eigenvalue weighted by Gasteiger charge is 2.04. The second-order valence-corrected chi connectivity index (χ2v) is 7.03. The van der Waals surface area contributed by atoms with E-state index in [-0.39, 0.29) is 0 Å². The van der Waals surface area contributed by atoms with E-state index in [9.17, 15) is 5.26 Å². The zero-order valence-corrected chi connectivity index (χ0v) is 16.4. The summed E-state index contributed by atoms with van der Waals surface area (Å²) in [7, 11) is 0. The molecule has 0 radical (unpaired) electrons. The van der Waals surface area contributed by atoms with Gasteiger partial charge in [0.15, 0.2) is 6.19 Å². The molecule has 0 heterocycles. The van der Waals surface area contributed by atoms with Crippen LogP contribution >= 0.6 is 0 Å². The highest BCUT2D eigenvalue weighted by atomic mass is 16.5. The van der Waals surface area contributed by atoms with Gasteiger partial charge in [-0.1, -0.05) is 80.3 Å². The van der Waals surface area contributed by atoms with Crippen LogP contribution in [0.15, 0.2) is 72.8 Å². The molecule has 0 aromatic heterocycles. The monoisotopic (exact) mass is 372 g/mol. The molecule has 0 aliphatic heterocycles. The number of hydrogen-bond donors (Lipinski definition) is 0. The van der Waals surface area contributed by atoms with Crippen molar-refractivity contribution >= 4 is 16.5 Å². The Morgan fingerprint density at radius 1 is 0.714 bits per heavy atom. The first-order valence-electron chi connectivity index (χ1n) is 10.2. The Balaban J connectivity index is 1.27. The Labute approximate surface area is 168 Å². The lowest BCUT2D eigenvalue weighted by Crippen LogP contribution is -2.17. The molecule has 0 spiro atoms. The van der Waals surface area contributed by atoms with Crippen LogP contribution in [0.1, 0.15) is 38.5 Å². The molecular weight excluding hydrogens is 344 g/mol. The number of ether oxygens (including phenoxy) is 1. The maximum absolute atomic E-state index is 9.30. The molecule has 3 aromatic rings. The molecule has 0 saturated heterocycles. The first-order chi connectivity index (χ1) is 13.9. The lowest BCUT2D eigenvalue weighted by atomic mass is 10.1. The molecule has 0 bridgehead atoms. The molecule has 0 amide bonds. The topological polar surface area (TPSA) is 36.3 Å². The van der Waals surface area contributed by atoms with Gasteiger partial charge in [0.25, 0.3) is 0 Å². The predicted molar refractivity (Wildman–Crippen MR) is 117 cm³/mol. The normalized spacial score (nSPS) is 10.5. The summed E-state index contributed by atoms with van der Waals surface area (Å²) in [6.07, 6.45) is 9.19. The van der Waals surface area contributed by atoms with Crippen molar-refractivity contribution in [3.63, 3.8) is 0 Å². The summed E-state index contributed by atoms with van der Waals surface area (Å²) < 4.78 is 6.00. The Hall–Kier alpha value is -2.99. The van der Waals surface area contributed by atoms with Gasteiger partial charge >= 0.3 is 0 Å². The van der Waals surface area contributed by atoms with Crippen molar-refractivity contribution < 1.29 is 4.74 Å². The number of para-hydroxylation sites is 1. The Morgan fingerprint density at radius 2 is 1.39 bits per heavy atom. The smallest absolute Gasteiger partial charge is 0.184 e. The van der Waals surface area contributed by atoms with Gasteiger partial charge in [0.2, 0.25) is 0 Å². The van der Waals surface area contributed by atoms with Gasteiger partial charge in [-0.2, -0.15) is 5.26 Å². The van der Waals surface area contributed by atoms with E-state index in [1.807, 2.05) is 30.3 Å². The number of unbranched alkanes of at least 4 members (excludes halogenated alkanes) is 5. The molecular formula is C25H28N2O. The molecule has 144 valence electrons. The van der Waals surface area contributed by atoms with E-state index >= 15 is 0 Å². The summed E-state index contributed by atoms with van der Waals surface area (Å²) in [6.45, 7) is 1.56. The van der Waals surface area contributed by atoms with Crippen LogP contribution in [-0.2, 0) is 0 Å². The van der Waals surface area contributed by atoms with E-state index in [2.05, 4.69) is 48.7 Å². The standard InChI is InChI=1S/C25H28N2O/c26-21-27(23-15-6-5-7-16-23)19-10-3-1-2-4-11-20-28-25-18-12-14-22-13-8-9-17-24(22)25/h5-9,12-18H,1-4,10-11,19-20H2. The van der Waals surface area contributed by atoms with Crippen LogP contribution in [-0.4, -0.2) is 13.2 Å². The molecule has 0 saturated carbocycles. The maximum atomic E-state index is 9.30. The minimum absolute atomic E-state index is 0.768. The zero-order chi connectivity index (χ0) is 19.4. The third-order valence-electron chi connectivity index (χ3n) is 4.97. The number of benzene rings is 3. The van der Waals surface area contributed by atoms with Gasteiger partial charge in [-0.15, -0.1) is 0 Å². The van der Waals surface area contributed by atoms with Crippen molar-refractivity contribution in [2.45, 2.75) is 38.5 Å². The van der Waals surface area contributed by atoms with Crippen LogP contribution in [0, 0.1) is 11.5 Å². The largest absolute Gasteiger partial charge is 0.493 e. The molecule has 0 fully saturated rings. The quantitative estimate of drug-likeness (QED) is 0.218. The molecule has 0 unspecified atom stereocenters. The molecule has 0 aliphatic carbocycles. The first-order valence-corrected chi connectivity index (χ1v) is 10.2. The number of anilines is 1. The molecule has 0 N–H and O–H groups in total. The number of nitrogens with zero attached hydrogens (tertiary/aromatic N) is 2. The van der Waals surface area contributed by atoms with Crippen molar-refractivity contribution in [3.05, 3.63) is 72.8 Å². The maximum Gasteiger partial charge on any atom is 0.184 e. The molecule has 0 atom stereocenters. The van der Waals surface area contributed by atoms with Crippen LogP contribution in [0.2, 0.25) is 0 Å². The van der Waals surface area contributed by atoms with Gasteiger partial charge in [-0.05, 0) is 36.4 Å². The second kappa shape index (κ2) is 11.0. The van der Waals surface area contributed by atoms with Crippen molar-refractivity contribution in [1.29, 1.82) is 5.26 Å². The number of nitriles is 1. The second-order valence-electron chi connectivity index (χ2n) is 7.03. The summed E-state index contributed by atoms with van der Waals surface area (Å²) in [4.78, 5) is 1.78. The molecule has 3 heteroatoms. The van der Waals surface area contributed by atoms with Crippen LogP contribution in [0.5, 0.6) is 5.75 Å². The lowest BCUT2D eigenvalue weighted by Gasteiger charge is -2.15. The number of rotatable bonds is 11. The van der Waals surface area contributed by atoms with Gasteiger partial charge in [0.05, 0.1) is 12.3 Å². The first kappa shape index (κ1) is 19.8. The summed E-state index contributed by atoms with van der Waals surface area (Å²) in [6, 6.07) is 24.5. The average Bonchev–Trinajstić information content (AvgIpc) is 2.76. The Bertz CT molecular complexity index is 880. The Kier molecular flexibility index (Phi) is 7.76. The number of hydrogen-bond acceptors (Lipinski definition) is 3. The van der Waals surface area contributed by atoms with Gasteiger partial charge in [0, 0.05) is 11.9 Å². The third kappa shape index (κ3) is 5.76.